The molecule has 0 aromatic heterocycles. The fourth-order valence-electron chi connectivity index (χ4n) is 2.63. The molecule has 0 aromatic rings. The van der Waals surface area contributed by atoms with Crippen molar-refractivity contribution in [3.8, 4) is 6.07 Å². The van der Waals surface area contributed by atoms with Crippen molar-refractivity contribution in [1.82, 2.24) is 4.90 Å². The summed E-state index contributed by atoms with van der Waals surface area (Å²) in [4.78, 5) is 13.6. The number of nitriles is 1. The number of carbonyl (C=O) groups is 1. The molecule has 3 atom stereocenters. The van der Waals surface area contributed by atoms with Gasteiger partial charge in [-0.25, -0.2) is 0 Å². The number of hydrogen-bond donors (Lipinski definition) is 0. The Bertz CT molecular complexity index is 282. The largest absolute Gasteiger partial charge is 0.338 e. The van der Waals surface area contributed by atoms with Gasteiger partial charge in [-0.2, -0.15) is 5.26 Å². The first-order valence-electron chi connectivity index (χ1n) is 5.39. The molecule has 1 aliphatic heterocycles. The van der Waals surface area contributed by atoms with E-state index in [2.05, 4.69) is 13.0 Å². The molecule has 2 aliphatic rings. The van der Waals surface area contributed by atoms with Gasteiger partial charge >= 0.3 is 0 Å². The van der Waals surface area contributed by atoms with Gasteiger partial charge in [0.15, 0.2) is 0 Å². The van der Waals surface area contributed by atoms with Crippen molar-refractivity contribution in [3.63, 3.8) is 0 Å². The summed E-state index contributed by atoms with van der Waals surface area (Å²) in [5.74, 6) is 0.878. The molecule has 1 saturated carbocycles. The minimum absolute atomic E-state index is 0.0570. The fourth-order valence-corrected chi connectivity index (χ4v) is 2.63. The van der Waals surface area contributed by atoms with E-state index in [1.165, 1.54) is 6.42 Å². The monoisotopic (exact) mass is 192 g/mol. The highest BCUT2D eigenvalue weighted by molar-refractivity contribution is 5.79. The summed E-state index contributed by atoms with van der Waals surface area (Å²) in [7, 11) is 0. The predicted octanol–water partition coefficient (Wildman–Crippen LogP) is 1.55. The highest BCUT2D eigenvalue weighted by Gasteiger charge is 2.36. The average Bonchev–Trinajstić information content (AvgIpc) is 2.71. The summed E-state index contributed by atoms with van der Waals surface area (Å²) in [5.41, 5.74) is 0. The molecule has 14 heavy (non-hydrogen) atoms. The van der Waals surface area contributed by atoms with Gasteiger partial charge in [0.05, 0.1) is 12.0 Å². The zero-order valence-corrected chi connectivity index (χ0v) is 8.57. The van der Waals surface area contributed by atoms with E-state index < -0.39 is 0 Å². The summed E-state index contributed by atoms with van der Waals surface area (Å²) < 4.78 is 0. The topological polar surface area (TPSA) is 44.1 Å². The van der Waals surface area contributed by atoms with Crippen LogP contribution < -0.4 is 0 Å². The van der Waals surface area contributed by atoms with Gasteiger partial charge in [0.1, 0.15) is 0 Å². The number of likely N-dealkylation sites (tertiary alicyclic amines) is 1. The van der Waals surface area contributed by atoms with Crippen molar-refractivity contribution in [1.29, 1.82) is 5.26 Å². The SMILES string of the molecule is CC1CCC(N2CC(C#N)CC2=O)C1. The van der Waals surface area contributed by atoms with Crippen LogP contribution in [0.1, 0.15) is 32.6 Å². The van der Waals surface area contributed by atoms with Gasteiger partial charge in [-0.05, 0) is 25.2 Å². The average molecular weight is 192 g/mol. The summed E-state index contributed by atoms with van der Waals surface area (Å²) in [5, 5.41) is 8.77. The van der Waals surface area contributed by atoms with Gasteiger partial charge in [0.25, 0.3) is 0 Å². The number of carbonyl (C=O) groups excluding carboxylic acids is 1. The minimum atomic E-state index is -0.0570. The second-order valence-corrected chi connectivity index (χ2v) is 4.65. The summed E-state index contributed by atoms with van der Waals surface area (Å²) in [6.45, 7) is 2.91. The lowest BCUT2D eigenvalue weighted by atomic mass is 10.1. The molecule has 3 heteroatoms. The first kappa shape index (κ1) is 9.51. The lowest BCUT2D eigenvalue weighted by Gasteiger charge is -2.23. The van der Waals surface area contributed by atoms with Crippen LogP contribution in [0.25, 0.3) is 0 Å². The normalized spacial score (nSPS) is 37.6. The highest BCUT2D eigenvalue weighted by Crippen LogP contribution is 2.32. The summed E-state index contributed by atoms with van der Waals surface area (Å²) >= 11 is 0. The Morgan fingerprint density at radius 3 is 2.79 bits per heavy atom. The molecule has 0 radical (unpaired) electrons. The van der Waals surface area contributed by atoms with Gasteiger partial charge in [-0.1, -0.05) is 6.92 Å². The second kappa shape index (κ2) is 3.61. The maximum absolute atomic E-state index is 11.6. The van der Waals surface area contributed by atoms with Crippen molar-refractivity contribution in [2.45, 2.75) is 38.6 Å². The first-order valence-corrected chi connectivity index (χ1v) is 5.39. The molecule has 76 valence electrons. The molecule has 2 rings (SSSR count). The maximum atomic E-state index is 11.6. The van der Waals surface area contributed by atoms with E-state index >= 15 is 0 Å². The second-order valence-electron chi connectivity index (χ2n) is 4.65. The first-order chi connectivity index (χ1) is 6.70. The third-order valence-corrected chi connectivity index (χ3v) is 3.45. The molecule has 3 nitrogen and oxygen atoms in total. The van der Waals surface area contributed by atoms with Crippen LogP contribution >= 0.6 is 0 Å². The molecule has 0 N–H and O–H groups in total. The molecule has 0 aromatic carbocycles. The molecule has 1 saturated heterocycles. The van der Waals surface area contributed by atoms with Crippen molar-refractivity contribution in [3.05, 3.63) is 0 Å². The van der Waals surface area contributed by atoms with Crippen LogP contribution in [-0.4, -0.2) is 23.4 Å². The van der Waals surface area contributed by atoms with Crippen LogP contribution in [0, 0.1) is 23.2 Å². The summed E-state index contributed by atoms with van der Waals surface area (Å²) in [6, 6.07) is 2.62. The Hall–Kier alpha value is -1.04. The molecule has 0 bridgehead atoms. The molecule has 1 aliphatic carbocycles. The van der Waals surface area contributed by atoms with Crippen LogP contribution in [0.5, 0.6) is 0 Å². The van der Waals surface area contributed by atoms with Crippen LogP contribution in [0.2, 0.25) is 0 Å². The van der Waals surface area contributed by atoms with Gasteiger partial charge in [-0.3, -0.25) is 4.79 Å². The van der Waals surface area contributed by atoms with Crippen molar-refractivity contribution >= 4 is 5.91 Å². The van der Waals surface area contributed by atoms with E-state index in [0.29, 0.717) is 19.0 Å². The van der Waals surface area contributed by atoms with Crippen molar-refractivity contribution < 1.29 is 4.79 Å². The zero-order chi connectivity index (χ0) is 10.1. The molecular formula is C11H16N2O. The van der Waals surface area contributed by atoms with Crippen LogP contribution in [0.3, 0.4) is 0 Å². The van der Waals surface area contributed by atoms with Gasteiger partial charge in [0, 0.05) is 19.0 Å². The van der Waals surface area contributed by atoms with Crippen LogP contribution in [0.15, 0.2) is 0 Å². The van der Waals surface area contributed by atoms with Crippen molar-refractivity contribution in [2.24, 2.45) is 11.8 Å². The minimum Gasteiger partial charge on any atom is -0.338 e. The van der Waals surface area contributed by atoms with E-state index in [0.717, 1.165) is 18.8 Å². The number of nitrogens with zero attached hydrogens (tertiary/aromatic N) is 2. The molecular weight excluding hydrogens is 176 g/mol. The molecule has 3 unspecified atom stereocenters. The van der Waals surface area contributed by atoms with E-state index in [1.54, 1.807) is 0 Å². The maximum Gasteiger partial charge on any atom is 0.224 e. The lowest BCUT2D eigenvalue weighted by molar-refractivity contribution is -0.129. The van der Waals surface area contributed by atoms with Gasteiger partial charge in [-0.15, -0.1) is 0 Å². The fraction of sp³-hybridized carbons (Fsp3) is 0.818. The Morgan fingerprint density at radius 2 is 2.29 bits per heavy atom. The molecule has 2 fully saturated rings. The van der Waals surface area contributed by atoms with Crippen LogP contribution in [-0.2, 0) is 4.79 Å². The third-order valence-electron chi connectivity index (χ3n) is 3.45. The smallest absolute Gasteiger partial charge is 0.224 e. The Balaban J connectivity index is 1.99. The quantitative estimate of drug-likeness (QED) is 0.632. The van der Waals surface area contributed by atoms with E-state index in [-0.39, 0.29) is 11.8 Å². The Kier molecular flexibility index (Phi) is 2.45. The number of amides is 1. The molecule has 1 heterocycles. The Morgan fingerprint density at radius 1 is 1.50 bits per heavy atom. The standard InChI is InChI=1S/C11H16N2O/c1-8-2-3-10(4-8)13-7-9(6-12)5-11(13)14/h8-10H,2-5,7H2,1H3. The van der Waals surface area contributed by atoms with Crippen LogP contribution in [0.4, 0.5) is 0 Å². The summed E-state index contributed by atoms with van der Waals surface area (Å²) in [6.07, 6.45) is 3.93. The zero-order valence-electron chi connectivity index (χ0n) is 8.57. The van der Waals surface area contributed by atoms with E-state index in [1.807, 2.05) is 4.90 Å². The third kappa shape index (κ3) is 1.61. The lowest BCUT2D eigenvalue weighted by Crippen LogP contribution is -2.34. The van der Waals surface area contributed by atoms with Crippen molar-refractivity contribution in [2.75, 3.05) is 6.54 Å². The molecule has 0 spiro atoms. The van der Waals surface area contributed by atoms with E-state index in [4.69, 9.17) is 5.26 Å². The number of rotatable bonds is 1. The van der Waals surface area contributed by atoms with Gasteiger partial charge in [0.2, 0.25) is 5.91 Å². The predicted molar refractivity (Wildman–Crippen MR) is 52.2 cm³/mol. The van der Waals surface area contributed by atoms with E-state index in [9.17, 15) is 4.79 Å². The van der Waals surface area contributed by atoms with Gasteiger partial charge < -0.3 is 4.90 Å². The number of hydrogen-bond acceptors (Lipinski definition) is 2. The highest BCUT2D eigenvalue weighted by atomic mass is 16.2. The molecule has 1 amide bonds. The Labute approximate surface area is 84.7 Å².